The van der Waals surface area contributed by atoms with Crippen LogP contribution in [0.15, 0.2) is 24.5 Å². The maximum Gasteiger partial charge on any atom is 0.147 e. The summed E-state index contributed by atoms with van der Waals surface area (Å²) in [4.78, 5) is 6.60. The predicted octanol–water partition coefficient (Wildman–Crippen LogP) is 3.02. The van der Waals surface area contributed by atoms with Crippen molar-refractivity contribution in [2.45, 2.75) is 19.8 Å². The monoisotopic (exact) mass is 274 g/mol. The number of hydrogen-bond donors (Lipinski definition) is 1. The normalized spacial score (nSPS) is 16.8. The Bertz CT molecular complexity index is 544. The summed E-state index contributed by atoms with van der Waals surface area (Å²) in [5.41, 5.74) is 8.16. The number of rotatable bonds is 2. The molecule has 0 radical (unpaired) electrons. The lowest BCUT2D eigenvalue weighted by Crippen LogP contribution is -2.32. The van der Waals surface area contributed by atoms with E-state index < -0.39 is 0 Å². The number of piperidine rings is 1. The highest BCUT2D eigenvalue weighted by Crippen LogP contribution is 2.40. The molecule has 0 aromatic carbocycles. The molecule has 19 heavy (non-hydrogen) atoms. The Hall–Kier alpha value is -1.62. The minimum atomic E-state index is 0.617. The van der Waals surface area contributed by atoms with Crippen LogP contribution in [0, 0.1) is 5.92 Å². The van der Waals surface area contributed by atoms with Crippen LogP contribution < -0.4 is 10.6 Å². The second-order valence-electron chi connectivity index (χ2n) is 5.16. The summed E-state index contributed by atoms with van der Waals surface area (Å²) in [6, 6.07) is 3.98. The molecule has 0 atom stereocenters. The van der Waals surface area contributed by atoms with Gasteiger partial charge in [0, 0.05) is 31.0 Å². The molecular formula is C14H18N4S. The maximum absolute atomic E-state index is 6.05. The van der Waals surface area contributed by atoms with E-state index in [2.05, 4.69) is 21.2 Å². The van der Waals surface area contributed by atoms with Crippen LogP contribution in [0.1, 0.15) is 19.8 Å². The van der Waals surface area contributed by atoms with Crippen LogP contribution >= 0.6 is 11.5 Å². The Morgan fingerprint density at radius 3 is 2.84 bits per heavy atom. The van der Waals surface area contributed by atoms with E-state index in [1.807, 2.05) is 18.3 Å². The fourth-order valence-corrected chi connectivity index (χ4v) is 3.39. The van der Waals surface area contributed by atoms with Gasteiger partial charge in [0.15, 0.2) is 0 Å². The number of anilines is 2. The smallest absolute Gasteiger partial charge is 0.147 e. The van der Waals surface area contributed by atoms with Gasteiger partial charge in [-0.3, -0.25) is 4.98 Å². The molecule has 0 unspecified atom stereocenters. The summed E-state index contributed by atoms with van der Waals surface area (Å²) in [6.07, 6.45) is 6.12. The van der Waals surface area contributed by atoms with Crippen molar-refractivity contribution < 1.29 is 0 Å². The maximum atomic E-state index is 6.05. The minimum Gasteiger partial charge on any atom is -0.382 e. The van der Waals surface area contributed by atoms with Crippen LogP contribution in [0.4, 0.5) is 10.8 Å². The van der Waals surface area contributed by atoms with Gasteiger partial charge in [0.2, 0.25) is 0 Å². The highest BCUT2D eigenvalue weighted by Gasteiger charge is 2.22. The van der Waals surface area contributed by atoms with Gasteiger partial charge in [-0.1, -0.05) is 13.0 Å². The van der Waals surface area contributed by atoms with Crippen molar-refractivity contribution in [1.82, 2.24) is 9.36 Å². The Morgan fingerprint density at radius 2 is 2.16 bits per heavy atom. The standard InChI is InChI=1S/C14H18N4S/c1-10-4-7-18(8-5-10)14-12(13(15)17-19-14)11-3-2-6-16-9-11/h2-3,6,9-10H,4-5,7-8H2,1H3,(H2,15,17). The molecule has 1 aliphatic rings. The van der Waals surface area contributed by atoms with E-state index in [-0.39, 0.29) is 0 Å². The summed E-state index contributed by atoms with van der Waals surface area (Å²) in [7, 11) is 0. The van der Waals surface area contributed by atoms with Crippen LogP contribution in [0.25, 0.3) is 11.1 Å². The zero-order valence-electron chi connectivity index (χ0n) is 11.0. The molecule has 2 N–H and O–H groups in total. The summed E-state index contributed by atoms with van der Waals surface area (Å²) in [5, 5.41) is 1.19. The molecule has 1 fully saturated rings. The second-order valence-corrected chi connectivity index (χ2v) is 5.91. The fraction of sp³-hybridized carbons (Fsp3) is 0.429. The predicted molar refractivity (Wildman–Crippen MR) is 80.4 cm³/mol. The van der Waals surface area contributed by atoms with E-state index in [1.165, 1.54) is 29.4 Å². The highest BCUT2D eigenvalue weighted by atomic mass is 32.1. The molecule has 3 rings (SSSR count). The molecule has 100 valence electrons. The van der Waals surface area contributed by atoms with E-state index in [0.717, 1.165) is 30.1 Å². The lowest BCUT2D eigenvalue weighted by Gasteiger charge is -2.31. The first-order valence-corrected chi connectivity index (χ1v) is 7.43. The third kappa shape index (κ3) is 2.42. The molecule has 0 bridgehead atoms. The van der Waals surface area contributed by atoms with Crippen molar-refractivity contribution in [1.29, 1.82) is 0 Å². The summed E-state index contributed by atoms with van der Waals surface area (Å²) >= 11 is 1.50. The average molecular weight is 274 g/mol. The minimum absolute atomic E-state index is 0.617. The number of aromatic nitrogens is 2. The van der Waals surface area contributed by atoms with E-state index in [9.17, 15) is 0 Å². The van der Waals surface area contributed by atoms with E-state index in [0.29, 0.717) is 5.82 Å². The van der Waals surface area contributed by atoms with Gasteiger partial charge in [0.05, 0.1) is 5.56 Å². The van der Waals surface area contributed by atoms with Gasteiger partial charge in [0.25, 0.3) is 0 Å². The zero-order valence-corrected chi connectivity index (χ0v) is 11.9. The quantitative estimate of drug-likeness (QED) is 0.914. The van der Waals surface area contributed by atoms with Crippen molar-refractivity contribution in [3.8, 4) is 11.1 Å². The van der Waals surface area contributed by atoms with Gasteiger partial charge in [-0.15, -0.1) is 0 Å². The Balaban J connectivity index is 1.95. The molecule has 1 aliphatic heterocycles. The third-order valence-corrected chi connectivity index (χ3v) is 4.64. The molecule has 3 heterocycles. The van der Waals surface area contributed by atoms with Gasteiger partial charge in [-0.25, -0.2) is 0 Å². The topological polar surface area (TPSA) is 55.0 Å². The van der Waals surface area contributed by atoms with Crippen LogP contribution in [-0.2, 0) is 0 Å². The summed E-state index contributed by atoms with van der Waals surface area (Å²) in [6.45, 7) is 4.51. The molecular weight excluding hydrogens is 256 g/mol. The molecule has 2 aromatic heterocycles. The molecule has 0 aliphatic carbocycles. The van der Waals surface area contributed by atoms with Gasteiger partial charge in [0.1, 0.15) is 10.8 Å². The van der Waals surface area contributed by atoms with Crippen molar-refractivity contribution in [2.24, 2.45) is 5.92 Å². The molecule has 4 nitrogen and oxygen atoms in total. The number of hydrogen-bond acceptors (Lipinski definition) is 5. The SMILES string of the molecule is CC1CCN(c2snc(N)c2-c2cccnc2)CC1. The fourth-order valence-electron chi connectivity index (χ4n) is 2.50. The number of nitrogens with two attached hydrogens (primary N) is 1. The molecule has 0 amide bonds. The number of pyridine rings is 1. The van der Waals surface area contributed by atoms with E-state index >= 15 is 0 Å². The average Bonchev–Trinajstić information content (AvgIpc) is 2.82. The van der Waals surface area contributed by atoms with Crippen molar-refractivity contribution in [3.63, 3.8) is 0 Å². The molecule has 2 aromatic rings. The van der Waals surface area contributed by atoms with Crippen LogP contribution in [0.5, 0.6) is 0 Å². The first-order chi connectivity index (χ1) is 9.25. The van der Waals surface area contributed by atoms with Crippen molar-refractivity contribution >= 4 is 22.4 Å². The number of nitrogens with zero attached hydrogens (tertiary/aromatic N) is 3. The second kappa shape index (κ2) is 5.17. The van der Waals surface area contributed by atoms with Gasteiger partial charge < -0.3 is 10.6 Å². The highest BCUT2D eigenvalue weighted by molar-refractivity contribution is 7.11. The zero-order chi connectivity index (χ0) is 13.2. The van der Waals surface area contributed by atoms with E-state index in [1.54, 1.807) is 6.20 Å². The first-order valence-electron chi connectivity index (χ1n) is 6.66. The Morgan fingerprint density at radius 1 is 1.37 bits per heavy atom. The van der Waals surface area contributed by atoms with Crippen LogP contribution in [0.2, 0.25) is 0 Å². The third-order valence-electron chi connectivity index (χ3n) is 3.72. The van der Waals surface area contributed by atoms with Crippen LogP contribution in [-0.4, -0.2) is 22.4 Å². The van der Waals surface area contributed by atoms with Crippen molar-refractivity contribution in [3.05, 3.63) is 24.5 Å². The first kappa shape index (κ1) is 12.4. The molecule has 1 saturated heterocycles. The lowest BCUT2D eigenvalue weighted by molar-refractivity contribution is 0.440. The largest absolute Gasteiger partial charge is 0.382 e. The Kier molecular flexibility index (Phi) is 3.38. The summed E-state index contributed by atoms with van der Waals surface area (Å²) < 4.78 is 4.34. The lowest BCUT2D eigenvalue weighted by atomic mass is 9.99. The molecule has 5 heteroatoms. The van der Waals surface area contributed by atoms with Crippen molar-refractivity contribution in [2.75, 3.05) is 23.7 Å². The van der Waals surface area contributed by atoms with Gasteiger partial charge in [-0.2, -0.15) is 4.37 Å². The summed E-state index contributed by atoms with van der Waals surface area (Å²) in [5.74, 6) is 1.44. The van der Waals surface area contributed by atoms with E-state index in [4.69, 9.17) is 5.73 Å². The Labute approximate surface area is 117 Å². The molecule has 0 saturated carbocycles. The van der Waals surface area contributed by atoms with Gasteiger partial charge >= 0.3 is 0 Å². The number of nitrogen functional groups attached to an aromatic ring is 1. The molecule has 0 spiro atoms. The van der Waals surface area contributed by atoms with Crippen LogP contribution in [0.3, 0.4) is 0 Å². The van der Waals surface area contributed by atoms with Gasteiger partial charge in [-0.05, 0) is 36.4 Å².